The van der Waals surface area contributed by atoms with Crippen LogP contribution in [0.25, 0.3) is 0 Å². The number of benzene rings is 1. The number of pyridine rings is 1. The van der Waals surface area contributed by atoms with E-state index < -0.39 is 56.0 Å². The lowest BCUT2D eigenvalue weighted by Gasteiger charge is -2.40. The highest BCUT2D eigenvalue weighted by Gasteiger charge is 2.47. The lowest BCUT2D eigenvalue weighted by atomic mass is 9.85. The maximum atomic E-state index is 14.1. The van der Waals surface area contributed by atoms with Crippen LogP contribution in [0.15, 0.2) is 23.2 Å². The molecule has 6 nitrogen and oxygen atoms in total. The lowest BCUT2D eigenvalue weighted by molar-refractivity contribution is -0.137. The van der Waals surface area contributed by atoms with Crippen molar-refractivity contribution in [1.29, 1.82) is 0 Å². The second-order valence-corrected chi connectivity index (χ2v) is 10.8. The Morgan fingerprint density at radius 3 is 2.09 bits per heavy atom. The predicted molar refractivity (Wildman–Crippen MR) is 115 cm³/mol. The molecule has 1 atom stereocenters. The molecule has 0 radical (unpaired) electrons. The first-order valence-electron chi connectivity index (χ1n) is 11.3. The van der Waals surface area contributed by atoms with Crippen LogP contribution in [0.4, 0.5) is 22.0 Å². The van der Waals surface area contributed by atoms with E-state index in [1.807, 2.05) is 6.07 Å². The van der Waals surface area contributed by atoms with Gasteiger partial charge in [0.05, 0.1) is 12.2 Å². The first-order valence-corrected chi connectivity index (χ1v) is 12.7. The van der Waals surface area contributed by atoms with Gasteiger partial charge in [-0.1, -0.05) is 25.3 Å². The quantitative estimate of drug-likeness (QED) is 0.327. The van der Waals surface area contributed by atoms with Gasteiger partial charge in [-0.25, -0.2) is 30.4 Å². The predicted octanol–water partition coefficient (Wildman–Crippen LogP) is 4.25. The topological polar surface area (TPSA) is 70.6 Å². The van der Waals surface area contributed by atoms with Crippen LogP contribution in [0.2, 0.25) is 0 Å². The number of aromatic nitrogens is 1. The van der Waals surface area contributed by atoms with E-state index in [1.165, 1.54) is 31.2 Å². The molecule has 1 aromatic carbocycles. The Morgan fingerprint density at radius 1 is 0.971 bits per heavy atom. The first kappa shape index (κ1) is 25.5. The van der Waals surface area contributed by atoms with E-state index in [1.54, 1.807) is 12.3 Å². The molecule has 2 heterocycles. The third-order valence-corrected chi connectivity index (χ3v) is 8.62. The molecule has 35 heavy (non-hydrogen) atoms. The molecule has 1 saturated carbocycles. The van der Waals surface area contributed by atoms with Crippen molar-refractivity contribution in [3.05, 3.63) is 58.7 Å². The molecule has 1 aromatic heterocycles. The van der Waals surface area contributed by atoms with Gasteiger partial charge in [0, 0.05) is 19.8 Å². The molecule has 0 spiro atoms. The van der Waals surface area contributed by atoms with Crippen LogP contribution in [0.3, 0.4) is 0 Å². The van der Waals surface area contributed by atoms with Gasteiger partial charge in [-0.05, 0) is 36.8 Å². The summed E-state index contributed by atoms with van der Waals surface area (Å²) in [6.07, 6.45) is 7.60. The number of carbonyl (C=O) groups excluding carboxylic acids is 1. The minimum Gasteiger partial charge on any atom is -0.338 e. The molecule has 1 aliphatic carbocycles. The second-order valence-electron chi connectivity index (χ2n) is 8.93. The van der Waals surface area contributed by atoms with Gasteiger partial charge in [0.25, 0.3) is 0 Å². The average Bonchev–Trinajstić information content (AvgIpc) is 2.81. The van der Waals surface area contributed by atoms with Gasteiger partial charge in [-0.3, -0.25) is 9.78 Å². The molecule has 2 aromatic rings. The van der Waals surface area contributed by atoms with Gasteiger partial charge < -0.3 is 4.90 Å². The molecule has 1 saturated heterocycles. The van der Waals surface area contributed by atoms with Crippen LogP contribution >= 0.6 is 0 Å². The van der Waals surface area contributed by atoms with Crippen LogP contribution in [0.5, 0.6) is 0 Å². The van der Waals surface area contributed by atoms with Crippen LogP contribution < -0.4 is 0 Å². The Kier molecular flexibility index (Phi) is 7.14. The Hall–Kier alpha value is -2.60. The fourth-order valence-electron chi connectivity index (χ4n) is 4.61. The van der Waals surface area contributed by atoms with E-state index in [4.69, 9.17) is 0 Å². The highest BCUT2D eigenvalue weighted by atomic mass is 32.2. The summed E-state index contributed by atoms with van der Waals surface area (Å²) in [5.74, 6) is -12.3. The minimum atomic E-state index is -5.17. The number of hydrogen-bond acceptors (Lipinski definition) is 4. The number of halogens is 5. The van der Waals surface area contributed by atoms with Crippen LogP contribution in [0, 0.1) is 29.1 Å². The number of likely N-dealkylation sites (N-methyl/N-ethyl adjacent to an activating group) is 1. The maximum absolute atomic E-state index is 14.1. The van der Waals surface area contributed by atoms with Crippen molar-refractivity contribution in [2.75, 3.05) is 13.6 Å². The molecule has 0 bridgehead atoms. The van der Waals surface area contributed by atoms with Crippen molar-refractivity contribution in [2.45, 2.75) is 61.9 Å². The highest BCUT2D eigenvalue weighted by Crippen LogP contribution is 2.34. The normalized spacial score (nSPS) is 19.4. The zero-order valence-electron chi connectivity index (χ0n) is 18.9. The summed E-state index contributed by atoms with van der Waals surface area (Å²) in [6.45, 7) is -0.253. The minimum absolute atomic E-state index is 0.0336. The summed E-state index contributed by atoms with van der Waals surface area (Å²) in [5.41, 5.74) is 1.69. The third kappa shape index (κ3) is 4.65. The Morgan fingerprint density at radius 2 is 1.57 bits per heavy atom. The number of nitrogens with zero attached hydrogens (tertiary/aromatic N) is 3. The number of carbonyl (C=O) groups is 1. The Labute approximate surface area is 199 Å². The molecule has 2 fully saturated rings. The van der Waals surface area contributed by atoms with Gasteiger partial charge in [0.2, 0.25) is 21.7 Å². The molecule has 2 aliphatic rings. The van der Waals surface area contributed by atoms with Gasteiger partial charge in [-0.15, -0.1) is 0 Å². The van der Waals surface area contributed by atoms with Crippen LogP contribution in [0.1, 0.15) is 55.7 Å². The van der Waals surface area contributed by atoms with E-state index >= 15 is 0 Å². The number of sulfonamides is 1. The molecule has 1 aliphatic heterocycles. The smallest absolute Gasteiger partial charge is 0.249 e. The third-order valence-electron chi connectivity index (χ3n) is 6.69. The number of hydrogen-bond donors (Lipinski definition) is 0. The Bertz CT molecular complexity index is 1200. The summed E-state index contributed by atoms with van der Waals surface area (Å²) < 4.78 is 94.7. The summed E-state index contributed by atoms with van der Waals surface area (Å²) in [5, 5.41) is 0. The van der Waals surface area contributed by atoms with E-state index in [0.717, 1.165) is 18.4 Å². The number of rotatable bonds is 6. The van der Waals surface area contributed by atoms with Crippen LogP contribution in [-0.4, -0.2) is 48.1 Å². The van der Waals surface area contributed by atoms with Crippen molar-refractivity contribution >= 4 is 15.9 Å². The van der Waals surface area contributed by atoms with Gasteiger partial charge >= 0.3 is 0 Å². The molecular weight excluding hydrogens is 493 g/mol. The van der Waals surface area contributed by atoms with Crippen molar-refractivity contribution < 1.29 is 35.2 Å². The lowest BCUT2D eigenvalue weighted by Crippen LogP contribution is -2.58. The fourth-order valence-corrected chi connectivity index (χ4v) is 6.35. The van der Waals surface area contributed by atoms with Crippen molar-refractivity contribution in [2.24, 2.45) is 0 Å². The zero-order chi connectivity index (χ0) is 25.5. The summed E-state index contributed by atoms with van der Waals surface area (Å²) in [7, 11) is -3.75. The van der Waals surface area contributed by atoms with Gasteiger partial charge in [0.15, 0.2) is 28.2 Å². The van der Waals surface area contributed by atoms with Crippen molar-refractivity contribution in [1.82, 2.24) is 14.2 Å². The largest absolute Gasteiger partial charge is 0.338 e. The highest BCUT2D eigenvalue weighted by molar-refractivity contribution is 7.89. The standard InChI is InChI=1S/C23H24F5N3O3S/c1-30(12-15-8-7-14(11-29-15)13-5-3-2-4-6-13)23(32)16-9-10-31(16)35(33,34)22-20(27)18(25)17(24)19(26)21(22)28/h7-8,11,13,16H,2-6,9-10,12H2,1H3/t16-/m1/s1. The van der Waals surface area contributed by atoms with Crippen molar-refractivity contribution in [3.63, 3.8) is 0 Å². The molecule has 0 N–H and O–H groups in total. The van der Waals surface area contributed by atoms with E-state index in [2.05, 4.69) is 4.98 Å². The van der Waals surface area contributed by atoms with Crippen molar-refractivity contribution in [3.8, 4) is 0 Å². The van der Waals surface area contributed by atoms with Gasteiger partial charge in [0.1, 0.15) is 6.04 Å². The van der Waals surface area contributed by atoms with Crippen LogP contribution in [-0.2, 0) is 21.4 Å². The van der Waals surface area contributed by atoms with E-state index in [0.29, 0.717) is 15.9 Å². The van der Waals surface area contributed by atoms with E-state index in [-0.39, 0.29) is 19.5 Å². The average molecular weight is 518 g/mol. The van der Waals surface area contributed by atoms with E-state index in [9.17, 15) is 35.2 Å². The monoisotopic (exact) mass is 517 g/mol. The fraction of sp³-hybridized carbons (Fsp3) is 0.478. The molecular formula is C23H24F5N3O3S. The Balaban J connectivity index is 1.48. The van der Waals surface area contributed by atoms with Gasteiger partial charge in [-0.2, -0.15) is 4.31 Å². The summed E-state index contributed by atoms with van der Waals surface area (Å²) >= 11 is 0. The molecule has 12 heteroatoms. The SMILES string of the molecule is CN(Cc1ccc(C2CCCCC2)cn1)C(=O)[C@H]1CCN1S(=O)(=O)c1c(F)c(F)c(F)c(F)c1F. The summed E-state index contributed by atoms with van der Waals surface area (Å²) in [6, 6.07) is 2.42. The molecule has 1 amide bonds. The number of amides is 1. The second kappa shape index (κ2) is 9.81. The summed E-state index contributed by atoms with van der Waals surface area (Å²) in [4.78, 5) is 16.5. The molecule has 0 unspecified atom stereocenters. The molecule has 4 rings (SSSR count). The first-order chi connectivity index (χ1) is 16.5. The molecule has 190 valence electrons. The maximum Gasteiger partial charge on any atom is 0.249 e. The zero-order valence-corrected chi connectivity index (χ0v) is 19.7.